The van der Waals surface area contributed by atoms with Crippen LogP contribution in [0.2, 0.25) is 5.02 Å². The minimum absolute atomic E-state index is 0.0805. The zero-order valence-electron chi connectivity index (χ0n) is 11.9. The van der Waals surface area contributed by atoms with E-state index in [4.69, 9.17) is 16.3 Å². The number of benzene rings is 2. The lowest BCUT2D eigenvalue weighted by Gasteiger charge is -2.12. The van der Waals surface area contributed by atoms with Crippen LogP contribution in [0.25, 0.3) is 0 Å². The van der Waals surface area contributed by atoms with Gasteiger partial charge in [0.05, 0.1) is 10.6 Å². The van der Waals surface area contributed by atoms with E-state index in [1.165, 1.54) is 6.07 Å². The van der Waals surface area contributed by atoms with Gasteiger partial charge >= 0.3 is 6.18 Å². The van der Waals surface area contributed by atoms with Crippen LogP contribution in [-0.2, 0) is 6.18 Å². The topological polar surface area (TPSA) is 26.3 Å². The number of alkyl halides is 3. The second kappa shape index (κ2) is 6.93. The Morgan fingerprint density at radius 3 is 2.48 bits per heavy atom. The zero-order chi connectivity index (χ0) is 17.2. The van der Waals surface area contributed by atoms with E-state index in [1.54, 1.807) is 19.1 Å². The van der Waals surface area contributed by atoms with Gasteiger partial charge in [0.1, 0.15) is 11.5 Å². The SMILES string of the molecule is CCC(=O)c1cc(Oc2ccc(C(F)(F)F)cc2Cl)ccc1Br. The predicted octanol–water partition coefficient (Wildman–Crippen LogP) is 6.51. The highest BCUT2D eigenvalue weighted by molar-refractivity contribution is 9.10. The molecule has 2 rings (SSSR count). The molecule has 0 unspecified atom stereocenters. The molecule has 0 saturated carbocycles. The molecule has 0 atom stereocenters. The molecule has 23 heavy (non-hydrogen) atoms. The molecule has 0 aliphatic heterocycles. The molecule has 0 fully saturated rings. The molecule has 0 aliphatic rings. The summed E-state index contributed by atoms with van der Waals surface area (Å²) in [7, 11) is 0. The molecule has 0 heterocycles. The van der Waals surface area contributed by atoms with Gasteiger partial charge in [-0.3, -0.25) is 4.79 Å². The van der Waals surface area contributed by atoms with Gasteiger partial charge in [-0.25, -0.2) is 0 Å². The van der Waals surface area contributed by atoms with Crippen molar-refractivity contribution in [2.24, 2.45) is 0 Å². The van der Waals surface area contributed by atoms with Crippen LogP contribution in [0, 0.1) is 0 Å². The van der Waals surface area contributed by atoms with Crippen molar-refractivity contribution >= 4 is 33.3 Å². The van der Waals surface area contributed by atoms with Gasteiger partial charge < -0.3 is 4.74 Å². The fraction of sp³-hybridized carbons (Fsp3) is 0.188. The number of carbonyl (C=O) groups excluding carboxylic acids is 1. The van der Waals surface area contributed by atoms with E-state index in [2.05, 4.69) is 15.9 Å². The first-order chi connectivity index (χ1) is 10.7. The summed E-state index contributed by atoms with van der Waals surface area (Å²) >= 11 is 9.12. The zero-order valence-corrected chi connectivity index (χ0v) is 14.2. The number of rotatable bonds is 4. The molecule has 0 N–H and O–H groups in total. The molecule has 0 aromatic heterocycles. The molecular weight excluding hydrogens is 397 g/mol. The minimum atomic E-state index is -4.47. The van der Waals surface area contributed by atoms with Gasteiger partial charge in [0.15, 0.2) is 5.78 Å². The largest absolute Gasteiger partial charge is 0.456 e. The summed E-state index contributed by atoms with van der Waals surface area (Å²) < 4.78 is 43.9. The lowest BCUT2D eigenvalue weighted by molar-refractivity contribution is -0.137. The Morgan fingerprint density at radius 1 is 1.22 bits per heavy atom. The van der Waals surface area contributed by atoms with Crippen LogP contribution < -0.4 is 4.74 Å². The Bertz CT molecular complexity index is 745. The van der Waals surface area contributed by atoms with Crippen molar-refractivity contribution in [2.45, 2.75) is 19.5 Å². The number of Topliss-reactive ketones (excluding diaryl/α,β-unsaturated/α-hetero) is 1. The van der Waals surface area contributed by atoms with Crippen molar-refractivity contribution in [3.63, 3.8) is 0 Å². The Morgan fingerprint density at radius 2 is 1.91 bits per heavy atom. The second-order valence-corrected chi connectivity index (χ2v) is 5.92. The van der Waals surface area contributed by atoms with Gasteiger partial charge in [-0.2, -0.15) is 13.2 Å². The van der Waals surface area contributed by atoms with E-state index >= 15 is 0 Å². The molecule has 0 aliphatic carbocycles. The summed E-state index contributed by atoms with van der Waals surface area (Å²) in [6, 6.07) is 7.57. The summed E-state index contributed by atoms with van der Waals surface area (Å²) in [6.45, 7) is 1.73. The van der Waals surface area contributed by atoms with Crippen molar-refractivity contribution in [1.82, 2.24) is 0 Å². The van der Waals surface area contributed by atoms with Crippen LogP contribution in [0.3, 0.4) is 0 Å². The minimum Gasteiger partial charge on any atom is -0.456 e. The molecule has 0 bridgehead atoms. The quantitative estimate of drug-likeness (QED) is 0.540. The van der Waals surface area contributed by atoms with Crippen LogP contribution >= 0.6 is 27.5 Å². The molecule has 0 amide bonds. The first-order valence-corrected chi connectivity index (χ1v) is 7.76. The van der Waals surface area contributed by atoms with Crippen molar-refractivity contribution in [1.29, 1.82) is 0 Å². The second-order valence-electron chi connectivity index (χ2n) is 4.66. The van der Waals surface area contributed by atoms with Crippen molar-refractivity contribution in [3.8, 4) is 11.5 Å². The van der Waals surface area contributed by atoms with E-state index in [1.807, 2.05) is 0 Å². The number of hydrogen-bond acceptors (Lipinski definition) is 2. The fourth-order valence-corrected chi connectivity index (χ4v) is 2.55. The van der Waals surface area contributed by atoms with Gasteiger partial charge in [-0.05, 0) is 36.4 Å². The maximum atomic E-state index is 12.6. The summed E-state index contributed by atoms with van der Waals surface area (Å²) in [5.41, 5.74) is -0.416. The molecular formula is C16H11BrClF3O2. The molecule has 2 aromatic rings. The summed E-state index contributed by atoms with van der Waals surface area (Å²) in [5, 5.41) is -0.161. The van der Waals surface area contributed by atoms with Gasteiger partial charge in [0.25, 0.3) is 0 Å². The highest BCUT2D eigenvalue weighted by atomic mass is 79.9. The van der Waals surface area contributed by atoms with E-state index in [0.717, 1.165) is 18.2 Å². The first-order valence-electron chi connectivity index (χ1n) is 6.59. The average molecular weight is 408 g/mol. The van der Waals surface area contributed by atoms with Gasteiger partial charge in [0, 0.05) is 16.5 Å². The number of halogens is 5. The smallest absolute Gasteiger partial charge is 0.416 e. The Kier molecular flexibility index (Phi) is 5.37. The lowest BCUT2D eigenvalue weighted by atomic mass is 10.1. The lowest BCUT2D eigenvalue weighted by Crippen LogP contribution is -2.04. The number of ether oxygens (including phenoxy) is 1. The number of ketones is 1. The highest BCUT2D eigenvalue weighted by Gasteiger charge is 2.31. The van der Waals surface area contributed by atoms with Gasteiger partial charge in [-0.1, -0.05) is 34.5 Å². The maximum Gasteiger partial charge on any atom is 0.416 e. The average Bonchev–Trinajstić information content (AvgIpc) is 2.49. The number of carbonyl (C=O) groups is 1. The van der Waals surface area contributed by atoms with Crippen LogP contribution in [0.4, 0.5) is 13.2 Å². The summed E-state index contributed by atoms with van der Waals surface area (Å²) in [4.78, 5) is 11.8. The van der Waals surface area contributed by atoms with Crippen molar-refractivity contribution in [3.05, 3.63) is 57.0 Å². The van der Waals surface area contributed by atoms with E-state index in [0.29, 0.717) is 22.2 Å². The molecule has 0 saturated heterocycles. The molecule has 0 radical (unpaired) electrons. The van der Waals surface area contributed by atoms with E-state index < -0.39 is 11.7 Å². The summed E-state index contributed by atoms with van der Waals surface area (Å²) in [6.07, 6.45) is -4.15. The monoisotopic (exact) mass is 406 g/mol. The fourth-order valence-electron chi connectivity index (χ4n) is 1.86. The third kappa shape index (κ3) is 4.26. The normalized spacial score (nSPS) is 11.4. The van der Waals surface area contributed by atoms with Crippen LogP contribution in [0.15, 0.2) is 40.9 Å². The Labute approximate surface area is 144 Å². The van der Waals surface area contributed by atoms with Crippen molar-refractivity contribution in [2.75, 3.05) is 0 Å². The Hall–Kier alpha value is -1.53. The maximum absolute atomic E-state index is 12.6. The third-order valence-electron chi connectivity index (χ3n) is 3.05. The predicted molar refractivity (Wildman–Crippen MR) is 85.3 cm³/mol. The van der Waals surface area contributed by atoms with Crippen molar-refractivity contribution < 1.29 is 22.7 Å². The third-order valence-corrected chi connectivity index (χ3v) is 4.03. The molecule has 7 heteroatoms. The van der Waals surface area contributed by atoms with Gasteiger partial charge in [0.2, 0.25) is 0 Å². The molecule has 0 spiro atoms. The van der Waals surface area contributed by atoms with Crippen LogP contribution in [0.1, 0.15) is 29.3 Å². The van der Waals surface area contributed by atoms with E-state index in [9.17, 15) is 18.0 Å². The standard InChI is InChI=1S/C16H11BrClF3O2/c1-2-14(22)11-8-10(4-5-12(11)17)23-15-6-3-9(7-13(15)18)16(19,20)21/h3-8H,2H2,1H3. The molecule has 122 valence electrons. The molecule has 2 nitrogen and oxygen atoms in total. The van der Waals surface area contributed by atoms with Crippen LogP contribution in [-0.4, -0.2) is 5.78 Å². The van der Waals surface area contributed by atoms with E-state index in [-0.39, 0.29) is 16.6 Å². The molecule has 2 aromatic carbocycles. The number of hydrogen-bond donors (Lipinski definition) is 0. The van der Waals surface area contributed by atoms with Gasteiger partial charge in [-0.15, -0.1) is 0 Å². The first kappa shape index (κ1) is 17.8. The van der Waals surface area contributed by atoms with Crippen LogP contribution in [0.5, 0.6) is 11.5 Å². The summed E-state index contributed by atoms with van der Waals surface area (Å²) in [5.74, 6) is 0.310. The highest BCUT2D eigenvalue weighted by Crippen LogP contribution is 2.37. The Balaban J connectivity index is 2.31.